The van der Waals surface area contributed by atoms with E-state index in [-0.39, 0.29) is 18.0 Å². The maximum absolute atomic E-state index is 13.0. The third-order valence-electron chi connectivity index (χ3n) is 3.38. The number of benzene rings is 1. The number of thiophene rings is 1. The van der Waals surface area contributed by atoms with E-state index in [9.17, 15) is 16.8 Å². The van der Waals surface area contributed by atoms with Crippen LogP contribution >= 0.6 is 11.3 Å². The Kier molecular flexibility index (Phi) is 6.16. The molecule has 0 bridgehead atoms. The molecule has 0 aliphatic rings. The Morgan fingerprint density at radius 3 is 2.25 bits per heavy atom. The lowest BCUT2D eigenvalue weighted by Crippen LogP contribution is -2.39. The van der Waals surface area contributed by atoms with Gasteiger partial charge in [0.25, 0.3) is 10.2 Å². The van der Waals surface area contributed by atoms with Gasteiger partial charge in [0.1, 0.15) is 5.25 Å². The number of nitrogens with one attached hydrogen (secondary N) is 2. The summed E-state index contributed by atoms with van der Waals surface area (Å²) in [5.74, 6) is 0. The van der Waals surface area contributed by atoms with Crippen LogP contribution in [0, 0.1) is 6.92 Å². The molecule has 1 aromatic carbocycles. The summed E-state index contributed by atoms with van der Waals surface area (Å²) < 4.78 is 54.1. The second-order valence-electron chi connectivity index (χ2n) is 5.21. The molecule has 1 aromatic heterocycles. The fourth-order valence-corrected chi connectivity index (χ4v) is 5.91. The highest BCUT2D eigenvalue weighted by molar-refractivity contribution is 7.92. The normalized spacial score (nSPS) is 13.8. The van der Waals surface area contributed by atoms with Crippen LogP contribution < -0.4 is 9.44 Å². The predicted molar refractivity (Wildman–Crippen MR) is 96.0 cm³/mol. The first kappa shape index (κ1) is 19.1. The SMILES string of the molecule is CCNS(=O)(=O)NCC(c1cccs1)S(=O)(=O)c1ccc(C)cc1. The zero-order chi connectivity index (χ0) is 17.8. The molecule has 2 aromatic rings. The Labute approximate surface area is 147 Å². The van der Waals surface area contributed by atoms with Crippen LogP contribution in [0.15, 0.2) is 46.7 Å². The van der Waals surface area contributed by atoms with Gasteiger partial charge in [0.2, 0.25) is 0 Å². The van der Waals surface area contributed by atoms with Crippen LogP contribution in [0.3, 0.4) is 0 Å². The van der Waals surface area contributed by atoms with Crippen molar-refractivity contribution in [1.82, 2.24) is 9.44 Å². The standard InChI is InChI=1S/C15H20N2O4S3/c1-3-16-24(20,21)17-11-15(14-5-4-10-22-14)23(18,19)13-8-6-12(2)7-9-13/h4-10,15-17H,3,11H2,1-2H3. The minimum atomic E-state index is -3.73. The molecule has 0 aliphatic carbocycles. The van der Waals surface area contributed by atoms with E-state index in [1.807, 2.05) is 6.92 Å². The average molecular weight is 389 g/mol. The first-order valence-corrected chi connectivity index (χ1v) is 11.3. The van der Waals surface area contributed by atoms with E-state index in [4.69, 9.17) is 0 Å². The molecular weight excluding hydrogens is 368 g/mol. The molecule has 1 atom stereocenters. The van der Waals surface area contributed by atoms with E-state index in [0.29, 0.717) is 4.88 Å². The van der Waals surface area contributed by atoms with Gasteiger partial charge in [-0.1, -0.05) is 30.7 Å². The van der Waals surface area contributed by atoms with Crippen LogP contribution in [0.25, 0.3) is 0 Å². The van der Waals surface area contributed by atoms with Crippen molar-refractivity contribution in [3.8, 4) is 0 Å². The molecule has 24 heavy (non-hydrogen) atoms. The number of rotatable bonds is 8. The van der Waals surface area contributed by atoms with Gasteiger partial charge in [-0.2, -0.15) is 8.42 Å². The highest BCUT2D eigenvalue weighted by Gasteiger charge is 2.31. The summed E-state index contributed by atoms with van der Waals surface area (Å²) in [4.78, 5) is 0.768. The third kappa shape index (κ3) is 4.64. The number of hydrogen-bond acceptors (Lipinski definition) is 5. The monoisotopic (exact) mass is 388 g/mol. The van der Waals surface area contributed by atoms with Gasteiger partial charge in [0.15, 0.2) is 9.84 Å². The zero-order valence-electron chi connectivity index (χ0n) is 13.4. The van der Waals surface area contributed by atoms with Crippen molar-refractivity contribution in [3.05, 3.63) is 52.2 Å². The van der Waals surface area contributed by atoms with Crippen molar-refractivity contribution in [2.45, 2.75) is 24.0 Å². The minimum Gasteiger partial charge on any atom is -0.223 e. The van der Waals surface area contributed by atoms with E-state index >= 15 is 0 Å². The molecule has 2 rings (SSSR count). The highest BCUT2D eigenvalue weighted by Crippen LogP contribution is 2.31. The molecule has 0 saturated carbocycles. The summed E-state index contributed by atoms with van der Waals surface area (Å²) in [5.41, 5.74) is 0.953. The number of aryl methyl sites for hydroxylation is 1. The van der Waals surface area contributed by atoms with Gasteiger partial charge < -0.3 is 0 Å². The molecule has 9 heteroatoms. The lowest BCUT2D eigenvalue weighted by atomic mass is 10.2. The number of hydrogen-bond donors (Lipinski definition) is 2. The van der Waals surface area contributed by atoms with E-state index in [0.717, 1.165) is 5.56 Å². The van der Waals surface area contributed by atoms with Gasteiger partial charge in [-0.15, -0.1) is 11.3 Å². The first-order valence-electron chi connectivity index (χ1n) is 7.34. The number of sulfone groups is 1. The molecule has 2 N–H and O–H groups in total. The third-order valence-corrected chi connectivity index (χ3v) is 7.83. The van der Waals surface area contributed by atoms with Crippen LogP contribution in [0.5, 0.6) is 0 Å². The second kappa shape index (κ2) is 7.75. The van der Waals surface area contributed by atoms with Crippen molar-refractivity contribution >= 4 is 31.4 Å². The first-order chi connectivity index (χ1) is 11.3. The fraction of sp³-hybridized carbons (Fsp3) is 0.333. The molecule has 0 fully saturated rings. The van der Waals surface area contributed by atoms with Crippen LogP contribution in [0.2, 0.25) is 0 Å². The summed E-state index contributed by atoms with van der Waals surface area (Å²) >= 11 is 1.29. The van der Waals surface area contributed by atoms with Crippen LogP contribution in [-0.4, -0.2) is 29.9 Å². The average Bonchev–Trinajstić information content (AvgIpc) is 3.01. The van der Waals surface area contributed by atoms with Crippen LogP contribution in [0.4, 0.5) is 0 Å². The summed E-state index contributed by atoms with van der Waals surface area (Å²) in [6.07, 6.45) is 0. The molecular formula is C15H20N2O4S3. The lowest BCUT2D eigenvalue weighted by molar-refractivity contribution is 0.561. The Balaban J connectivity index is 2.35. The molecule has 132 valence electrons. The Hall–Kier alpha value is -1.26. The van der Waals surface area contributed by atoms with Crippen LogP contribution in [0.1, 0.15) is 22.6 Å². The van der Waals surface area contributed by atoms with E-state index < -0.39 is 25.3 Å². The summed E-state index contributed by atoms with van der Waals surface area (Å²) in [6, 6.07) is 9.98. The minimum absolute atomic E-state index is 0.175. The van der Waals surface area contributed by atoms with Gasteiger partial charge >= 0.3 is 0 Å². The van der Waals surface area contributed by atoms with Crippen molar-refractivity contribution in [2.75, 3.05) is 13.1 Å². The largest absolute Gasteiger partial charge is 0.276 e. The summed E-state index contributed by atoms with van der Waals surface area (Å²) in [5, 5.41) is 0.792. The van der Waals surface area contributed by atoms with E-state index in [1.54, 1.807) is 48.7 Å². The topological polar surface area (TPSA) is 92.3 Å². The summed E-state index contributed by atoms with van der Waals surface area (Å²) in [7, 11) is -7.45. The lowest BCUT2D eigenvalue weighted by Gasteiger charge is -2.17. The van der Waals surface area contributed by atoms with E-state index in [1.165, 1.54) is 11.3 Å². The smallest absolute Gasteiger partial charge is 0.223 e. The van der Waals surface area contributed by atoms with Gasteiger partial charge in [0.05, 0.1) is 4.90 Å². The highest BCUT2D eigenvalue weighted by atomic mass is 32.2. The maximum atomic E-state index is 13.0. The predicted octanol–water partition coefficient (Wildman–Crippen LogP) is 2.02. The maximum Gasteiger partial charge on any atom is 0.276 e. The van der Waals surface area contributed by atoms with Gasteiger partial charge in [-0.3, -0.25) is 0 Å². The Bertz CT molecular complexity index is 858. The second-order valence-corrected chi connectivity index (χ2v) is 9.91. The molecule has 1 heterocycles. The van der Waals surface area contributed by atoms with Crippen molar-refractivity contribution in [3.63, 3.8) is 0 Å². The molecule has 6 nitrogen and oxygen atoms in total. The zero-order valence-corrected chi connectivity index (χ0v) is 15.8. The van der Waals surface area contributed by atoms with E-state index in [2.05, 4.69) is 9.44 Å². The fourth-order valence-electron chi connectivity index (χ4n) is 2.16. The Morgan fingerprint density at radius 1 is 1.04 bits per heavy atom. The van der Waals surface area contributed by atoms with Gasteiger partial charge in [-0.05, 0) is 30.5 Å². The van der Waals surface area contributed by atoms with Crippen molar-refractivity contribution < 1.29 is 16.8 Å². The van der Waals surface area contributed by atoms with Gasteiger partial charge in [-0.25, -0.2) is 17.9 Å². The molecule has 0 aliphatic heterocycles. The quantitative estimate of drug-likeness (QED) is 0.724. The van der Waals surface area contributed by atoms with Crippen molar-refractivity contribution in [1.29, 1.82) is 0 Å². The van der Waals surface area contributed by atoms with Crippen LogP contribution in [-0.2, 0) is 20.0 Å². The molecule has 0 radical (unpaired) electrons. The summed E-state index contributed by atoms with van der Waals surface area (Å²) in [6.45, 7) is 3.52. The molecule has 0 saturated heterocycles. The van der Waals surface area contributed by atoms with Gasteiger partial charge in [0, 0.05) is 18.0 Å². The molecule has 0 spiro atoms. The van der Waals surface area contributed by atoms with Crippen molar-refractivity contribution in [2.24, 2.45) is 0 Å². The molecule has 0 amide bonds. The Morgan fingerprint density at radius 2 is 1.71 bits per heavy atom. The molecule has 1 unspecified atom stereocenters.